The molecule has 82 valence electrons. The number of hydrogen-bond acceptors (Lipinski definition) is 5. The maximum Gasteiger partial charge on any atom is 0.204 e. The molecular formula is C10H13NO4. The van der Waals surface area contributed by atoms with Crippen molar-refractivity contribution >= 4 is 12.0 Å². The molecule has 0 aliphatic rings. The molecule has 0 spiro atoms. The number of carbonyl (C=O) groups is 1. The minimum absolute atomic E-state index is 0.259. The number of benzene rings is 1. The molecule has 0 unspecified atom stereocenters. The Balaban J connectivity index is 3.51. The molecule has 0 aliphatic carbocycles. The molecule has 2 N–H and O–H groups in total. The van der Waals surface area contributed by atoms with Gasteiger partial charge in [-0.3, -0.25) is 4.79 Å². The zero-order valence-electron chi connectivity index (χ0n) is 8.87. The fourth-order valence-electron chi connectivity index (χ4n) is 1.32. The number of ether oxygens (including phenoxy) is 3. The maximum absolute atomic E-state index is 10.8. The van der Waals surface area contributed by atoms with E-state index in [1.807, 2.05) is 0 Å². The van der Waals surface area contributed by atoms with Crippen molar-refractivity contribution in [2.75, 3.05) is 27.1 Å². The first-order valence-electron chi connectivity index (χ1n) is 4.23. The number of anilines is 1. The number of methoxy groups -OCH3 is 3. The summed E-state index contributed by atoms with van der Waals surface area (Å²) >= 11 is 0. The van der Waals surface area contributed by atoms with E-state index in [1.165, 1.54) is 27.4 Å². The van der Waals surface area contributed by atoms with E-state index >= 15 is 0 Å². The highest BCUT2D eigenvalue weighted by Gasteiger charge is 2.18. The van der Waals surface area contributed by atoms with Crippen LogP contribution in [-0.4, -0.2) is 27.6 Å². The quantitative estimate of drug-likeness (QED) is 0.596. The Kier molecular flexibility index (Phi) is 3.38. The van der Waals surface area contributed by atoms with Crippen LogP contribution in [0.2, 0.25) is 0 Å². The predicted octanol–water partition coefficient (Wildman–Crippen LogP) is 1.11. The topological polar surface area (TPSA) is 70.8 Å². The van der Waals surface area contributed by atoms with E-state index in [4.69, 9.17) is 19.9 Å². The lowest BCUT2D eigenvalue weighted by molar-refractivity contribution is 0.112. The molecule has 1 rings (SSSR count). The molecule has 5 nitrogen and oxygen atoms in total. The summed E-state index contributed by atoms with van der Waals surface area (Å²) in [5.41, 5.74) is 6.21. The van der Waals surface area contributed by atoms with Crippen LogP contribution in [0.25, 0.3) is 0 Å². The lowest BCUT2D eigenvalue weighted by atomic mass is 10.1. The van der Waals surface area contributed by atoms with Crippen molar-refractivity contribution in [3.8, 4) is 17.2 Å². The van der Waals surface area contributed by atoms with Gasteiger partial charge in [0.05, 0.1) is 26.9 Å². The van der Waals surface area contributed by atoms with Crippen molar-refractivity contribution in [1.82, 2.24) is 0 Å². The monoisotopic (exact) mass is 211 g/mol. The molecule has 0 amide bonds. The normalized spacial score (nSPS) is 9.53. The summed E-state index contributed by atoms with van der Waals surface area (Å²) in [7, 11) is 4.38. The molecule has 0 fully saturated rings. The van der Waals surface area contributed by atoms with Crippen LogP contribution < -0.4 is 19.9 Å². The van der Waals surface area contributed by atoms with Crippen molar-refractivity contribution in [3.05, 3.63) is 11.6 Å². The first kappa shape index (κ1) is 11.2. The molecule has 15 heavy (non-hydrogen) atoms. The Morgan fingerprint density at radius 1 is 1.13 bits per heavy atom. The number of aldehydes is 1. The summed E-state index contributed by atoms with van der Waals surface area (Å²) in [5, 5.41) is 0. The molecule has 0 radical (unpaired) electrons. The third-order valence-corrected chi connectivity index (χ3v) is 2.02. The summed E-state index contributed by atoms with van der Waals surface area (Å²) in [4.78, 5) is 10.8. The maximum atomic E-state index is 10.8. The highest BCUT2D eigenvalue weighted by Crippen LogP contribution is 2.42. The van der Waals surface area contributed by atoms with Crippen LogP contribution in [0.3, 0.4) is 0 Å². The van der Waals surface area contributed by atoms with Crippen molar-refractivity contribution in [2.45, 2.75) is 0 Å². The molecule has 1 aromatic carbocycles. The molecule has 0 aromatic heterocycles. The predicted molar refractivity (Wildman–Crippen MR) is 55.9 cm³/mol. The molecule has 0 aliphatic heterocycles. The van der Waals surface area contributed by atoms with Gasteiger partial charge < -0.3 is 19.9 Å². The SMILES string of the molecule is COc1cc(N)c(C=O)c(OC)c1OC. The zero-order valence-corrected chi connectivity index (χ0v) is 8.87. The molecule has 0 bridgehead atoms. The number of hydrogen-bond donors (Lipinski definition) is 1. The van der Waals surface area contributed by atoms with E-state index in [1.54, 1.807) is 0 Å². The van der Waals surface area contributed by atoms with Gasteiger partial charge in [0.25, 0.3) is 0 Å². The Bertz CT molecular complexity index is 376. The van der Waals surface area contributed by atoms with Crippen molar-refractivity contribution in [1.29, 1.82) is 0 Å². The van der Waals surface area contributed by atoms with E-state index in [-0.39, 0.29) is 11.3 Å². The van der Waals surface area contributed by atoms with Crippen LogP contribution in [0.15, 0.2) is 6.07 Å². The van der Waals surface area contributed by atoms with Gasteiger partial charge in [0, 0.05) is 11.8 Å². The first-order valence-corrected chi connectivity index (χ1v) is 4.23. The fraction of sp³-hybridized carbons (Fsp3) is 0.300. The van der Waals surface area contributed by atoms with Crippen LogP contribution in [-0.2, 0) is 0 Å². The Morgan fingerprint density at radius 2 is 1.73 bits per heavy atom. The Hall–Kier alpha value is -1.91. The average molecular weight is 211 g/mol. The number of nitrogens with two attached hydrogens (primary N) is 1. The van der Waals surface area contributed by atoms with Crippen LogP contribution >= 0.6 is 0 Å². The van der Waals surface area contributed by atoms with Gasteiger partial charge in [-0.25, -0.2) is 0 Å². The average Bonchev–Trinajstić information content (AvgIpc) is 2.27. The molecule has 5 heteroatoms. The third kappa shape index (κ3) is 1.81. The number of nitrogen functional groups attached to an aromatic ring is 1. The molecule has 0 atom stereocenters. The molecular weight excluding hydrogens is 198 g/mol. The van der Waals surface area contributed by atoms with Crippen LogP contribution in [0, 0.1) is 0 Å². The fourth-order valence-corrected chi connectivity index (χ4v) is 1.32. The van der Waals surface area contributed by atoms with Crippen LogP contribution in [0.5, 0.6) is 17.2 Å². The smallest absolute Gasteiger partial charge is 0.204 e. The van der Waals surface area contributed by atoms with Gasteiger partial charge in [0.1, 0.15) is 0 Å². The van der Waals surface area contributed by atoms with Crippen LogP contribution in [0.4, 0.5) is 5.69 Å². The van der Waals surface area contributed by atoms with E-state index in [9.17, 15) is 4.79 Å². The van der Waals surface area contributed by atoms with Gasteiger partial charge in [-0.2, -0.15) is 0 Å². The number of rotatable bonds is 4. The van der Waals surface area contributed by atoms with E-state index in [0.717, 1.165) is 0 Å². The number of carbonyl (C=O) groups excluding carboxylic acids is 1. The first-order chi connectivity index (χ1) is 7.19. The van der Waals surface area contributed by atoms with Gasteiger partial charge in [-0.05, 0) is 0 Å². The Morgan fingerprint density at radius 3 is 2.13 bits per heavy atom. The minimum Gasteiger partial charge on any atom is -0.493 e. The lowest BCUT2D eigenvalue weighted by Crippen LogP contribution is -2.02. The standard InChI is InChI=1S/C10H13NO4/c1-13-8-4-7(11)6(5-12)9(14-2)10(8)15-3/h4-5H,11H2,1-3H3. The summed E-state index contributed by atoms with van der Waals surface area (Å²) in [6.45, 7) is 0. The summed E-state index contributed by atoms with van der Waals surface area (Å²) in [5.74, 6) is 1.07. The Labute approximate surface area is 87.7 Å². The van der Waals surface area contributed by atoms with E-state index in [0.29, 0.717) is 23.5 Å². The third-order valence-electron chi connectivity index (χ3n) is 2.02. The molecule has 0 saturated heterocycles. The second-order valence-electron chi connectivity index (χ2n) is 2.77. The van der Waals surface area contributed by atoms with Crippen molar-refractivity contribution < 1.29 is 19.0 Å². The highest BCUT2D eigenvalue weighted by molar-refractivity contribution is 5.90. The minimum atomic E-state index is 0.259. The highest BCUT2D eigenvalue weighted by atomic mass is 16.5. The lowest BCUT2D eigenvalue weighted by Gasteiger charge is -2.14. The van der Waals surface area contributed by atoms with E-state index in [2.05, 4.69) is 0 Å². The summed E-state index contributed by atoms with van der Waals surface area (Å²) < 4.78 is 15.2. The van der Waals surface area contributed by atoms with Gasteiger partial charge in [0.2, 0.25) is 5.75 Å². The van der Waals surface area contributed by atoms with Gasteiger partial charge in [-0.15, -0.1) is 0 Å². The van der Waals surface area contributed by atoms with E-state index < -0.39 is 0 Å². The molecule has 0 heterocycles. The second-order valence-corrected chi connectivity index (χ2v) is 2.77. The van der Waals surface area contributed by atoms with Crippen LogP contribution in [0.1, 0.15) is 10.4 Å². The van der Waals surface area contributed by atoms with Crippen molar-refractivity contribution in [2.24, 2.45) is 0 Å². The van der Waals surface area contributed by atoms with Crippen molar-refractivity contribution in [3.63, 3.8) is 0 Å². The summed E-state index contributed by atoms with van der Waals surface area (Å²) in [6.07, 6.45) is 0.621. The molecule has 0 saturated carbocycles. The summed E-state index contributed by atoms with van der Waals surface area (Å²) in [6, 6.07) is 1.52. The molecule has 1 aromatic rings. The largest absolute Gasteiger partial charge is 0.493 e. The van der Waals surface area contributed by atoms with Gasteiger partial charge in [-0.1, -0.05) is 0 Å². The second kappa shape index (κ2) is 4.54. The zero-order chi connectivity index (χ0) is 11.4. The van der Waals surface area contributed by atoms with Gasteiger partial charge in [0.15, 0.2) is 17.8 Å². The van der Waals surface area contributed by atoms with Gasteiger partial charge >= 0.3 is 0 Å².